The molecular weight excluding hydrogens is 449 g/mol. The average Bonchev–Trinajstić information content (AvgIpc) is 2.43. The Balaban J connectivity index is 2.29. The van der Waals surface area contributed by atoms with Crippen molar-refractivity contribution in [2.24, 2.45) is 0 Å². The van der Waals surface area contributed by atoms with Crippen molar-refractivity contribution in [3.8, 4) is 0 Å². The van der Waals surface area contributed by atoms with Crippen LogP contribution in [0.2, 0.25) is 0 Å². The van der Waals surface area contributed by atoms with E-state index in [2.05, 4.69) is 43.8 Å². The highest BCUT2D eigenvalue weighted by atomic mass is 127. The maximum Gasteiger partial charge on any atom is 0.336 e. The number of aromatic carboxylic acids is 1. The average molecular weight is 460 g/mol. The lowest BCUT2D eigenvalue weighted by Crippen LogP contribution is -2.13. The van der Waals surface area contributed by atoms with Crippen molar-refractivity contribution in [2.75, 3.05) is 5.32 Å². The van der Waals surface area contributed by atoms with Gasteiger partial charge in [-0.15, -0.1) is 0 Å². The molecule has 0 saturated heterocycles. The molecule has 2 aromatic rings. The minimum Gasteiger partial charge on any atom is -0.478 e. The highest BCUT2D eigenvalue weighted by Crippen LogP contribution is 2.22. The SMILES string of the molecule is Cc1ccc(NC(=O)c2cc(I)ccc2Br)cc1C(=O)O. The number of halogens is 2. The normalized spacial score (nSPS) is 10.2. The van der Waals surface area contributed by atoms with E-state index < -0.39 is 5.97 Å². The Hall–Kier alpha value is -1.41. The van der Waals surface area contributed by atoms with Crippen LogP contribution in [0.25, 0.3) is 0 Å². The Labute approximate surface area is 143 Å². The number of benzene rings is 2. The van der Waals surface area contributed by atoms with Gasteiger partial charge < -0.3 is 10.4 Å². The number of carbonyl (C=O) groups excluding carboxylic acids is 1. The van der Waals surface area contributed by atoms with Crippen LogP contribution in [0.3, 0.4) is 0 Å². The second-order valence-corrected chi connectivity index (χ2v) is 6.51. The summed E-state index contributed by atoms with van der Waals surface area (Å²) in [5.41, 5.74) is 1.78. The van der Waals surface area contributed by atoms with Gasteiger partial charge in [0, 0.05) is 13.7 Å². The lowest BCUT2D eigenvalue weighted by atomic mass is 10.1. The first-order valence-corrected chi connectivity index (χ1v) is 7.86. The standard InChI is InChI=1S/C15H11BrINO3/c1-8-2-4-10(7-11(8)15(20)21)18-14(19)12-6-9(17)3-5-13(12)16/h2-7H,1H3,(H,18,19)(H,20,21). The summed E-state index contributed by atoms with van der Waals surface area (Å²) in [4.78, 5) is 23.4. The zero-order valence-electron chi connectivity index (χ0n) is 11.0. The maximum atomic E-state index is 12.3. The van der Waals surface area contributed by atoms with Crippen molar-refractivity contribution >= 4 is 56.1 Å². The van der Waals surface area contributed by atoms with Gasteiger partial charge in [0.1, 0.15) is 0 Å². The predicted molar refractivity (Wildman–Crippen MR) is 93.0 cm³/mol. The largest absolute Gasteiger partial charge is 0.478 e. The van der Waals surface area contributed by atoms with Crippen LogP contribution in [0.1, 0.15) is 26.3 Å². The number of amides is 1. The Morgan fingerprint density at radius 2 is 1.86 bits per heavy atom. The number of rotatable bonds is 3. The molecule has 6 heteroatoms. The van der Waals surface area contributed by atoms with E-state index in [0.29, 0.717) is 21.3 Å². The Bertz CT molecular complexity index is 731. The van der Waals surface area contributed by atoms with Gasteiger partial charge in [-0.2, -0.15) is 0 Å². The number of nitrogens with one attached hydrogen (secondary N) is 1. The second kappa shape index (κ2) is 6.57. The molecule has 2 rings (SSSR count). The molecule has 0 aliphatic heterocycles. The number of hydrogen-bond donors (Lipinski definition) is 2. The van der Waals surface area contributed by atoms with Crippen LogP contribution in [0, 0.1) is 10.5 Å². The molecule has 0 atom stereocenters. The summed E-state index contributed by atoms with van der Waals surface area (Å²) >= 11 is 5.46. The van der Waals surface area contributed by atoms with Crippen molar-refractivity contribution in [3.05, 3.63) is 61.1 Å². The smallest absolute Gasteiger partial charge is 0.336 e. The Morgan fingerprint density at radius 3 is 2.52 bits per heavy atom. The minimum atomic E-state index is -1.01. The van der Waals surface area contributed by atoms with Crippen molar-refractivity contribution in [2.45, 2.75) is 6.92 Å². The lowest BCUT2D eigenvalue weighted by molar-refractivity contribution is 0.0695. The minimum absolute atomic E-state index is 0.175. The molecule has 0 aliphatic carbocycles. The molecule has 2 aromatic carbocycles. The third-order valence-electron chi connectivity index (χ3n) is 2.90. The summed E-state index contributed by atoms with van der Waals surface area (Å²) in [5.74, 6) is -1.31. The van der Waals surface area contributed by atoms with Gasteiger partial charge in [0.05, 0.1) is 11.1 Å². The fourth-order valence-electron chi connectivity index (χ4n) is 1.80. The quantitative estimate of drug-likeness (QED) is 0.672. The van der Waals surface area contributed by atoms with Crippen LogP contribution in [-0.2, 0) is 0 Å². The first kappa shape index (κ1) is 16.0. The summed E-state index contributed by atoms with van der Waals surface area (Å²) in [6.07, 6.45) is 0. The van der Waals surface area contributed by atoms with Gasteiger partial charge in [-0.1, -0.05) is 6.07 Å². The van der Waals surface area contributed by atoms with Crippen molar-refractivity contribution in [3.63, 3.8) is 0 Å². The van der Waals surface area contributed by atoms with Gasteiger partial charge in [-0.25, -0.2) is 4.79 Å². The van der Waals surface area contributed by atoms with Gasteiger partial charge in [0.15, 0.2) is 0 Å². The van der Waals surface area contributed by atoms with Crippen LogP contribution in [0.5, 0.6) is 0 Å². The molecule has 0 aliphatic rings. The molecule has 4 nitrogen and oxygen atoms in total. The van der Waals surface area contributed by atoms with Gasteiger partial charge >= 0.3 is 5.97 Å². The van der Waals surface area contributed by atoms with E-state index in [-0.39, 0.29) is 11.5 Å². The number of carboxylic acid groups (broad SMARTS) is 1. The monoisotopic (exact) mass is 459 g/mol. The molecule has 1 amide bonds. The number of carboxylic acids is 1. The molecule has 2 N–H and O–H groups in total. The van der Waals surface area contributed by atoms with Crippen molar-refractivity contribution in [1.29, 1.82) is 0 Å². The third kappa shape index (κ3) is 3.82. The van der Waals surface area contributed by atoms with Gasteiger partial charge in [0.25, 0.3) is 5.91 Å². The highest BCUT2D eigenvalue weighted by Gasteiger charge is 2.13. The summed E-state index contributed by atoms with van der Waals surface area (Å²) in [6.45, 7) is 1.71. The van der Waals surface area contributed by atoms with E-state index in [1.807, 2.05) is 6.07 Å². The molecule has 0 aromatic heterocycles. The van der Waals surface area contributed by atoms with Gasteiger partial charge in [-0.3, -0.25) is 4.79 Å². The zero-order chi connectivity index (χ0) is 15.6. The van der Waals surface area contributed by atoms with Crippen LogP contribution in [-0.4, -0.2) is 17.0 Å². The van der Waals surface area contributed by atoms with Crippen molar-refractivity contribution < 1.29 is 14.7 Å². The predicted octanol–water partition coefficient (Wildman–Crippen LogP) is 4.31. The van der Waals surface area contributed by atoms with E-state index in [1.165, 1.54) is 6.07 Å². The fraction of sp³-hybridized carbons (Fsp3) is 0.0667. The number of hydrogen-bond acceptors (Lipinski definition) is 2. The molecule has 0 radical (unpaired) electrons. The molecular formula is C15H11BrINO3. The summed E-state index contributed by atoms with van der Waals surface area (Å²) < 4.78 is 1.63. The lowest BCUT2D eigenvalue weighted by Gasteiger charge is -2.09. The molecule has 0 bridgehead atoms. The molecule has 0 heterocycles. The first-order valence-electron chi connectivity index (χ1n) is 5.99. The van der Waals surface area contributed by atoms with E-state index in [1.54, 1.807) is 31.2 Å². The summed E-state index contributed by atoms with van der Waals surface area (Å²) in [5, 5.41) is 11.8. The van der Waals surface area contributed by atoms with Crippen LogP contribution in [0.15, 0.2) is 40.9 Å². The molecule has 0 unspecified atom stereocenters. The van der Waals surface area contributed by atoms with Crippen LogP contribution in [0.4, 0.5) is 5.69 Å². The summed E-state index contributed by atoms with van der Waals surface area (Å²) in [6, 6.07) is 10.2. The molecule has 0 saturated carbocycles. The first-order chi connectivity index (χ1) is 9.88. The van der Waals surface area contributed by atoms with Gasteiger partial charge in [0.2, 0.25) is 0 Å². The number of aryl methyl sites for hydroxylation is 1. The highest BCUT2D eigenvalue weighted by molar-refractivity contribution is 14.1. The fourth-order valence-corrected chi connectivity index (χ4v) is 2.72. The topological polar surface area (TPSA) is 66.4 Å². The number of carbonyl (C=O) groups is 2. The Kier molecular flexibility index (Phi) is 5.00. The maximum absolute atomic E-state index is 12.3. The second-order valence-electron chi connectivity index (χ2n) is 4.41. The van der Waals surface area contributed by atoms with E-state index in [9.17, 15) is 9.59 Å². The summed E-state index contributed by atoms with van der Waals surface area (Å²) in [7, 11) is 0. The zero-order valence-corrected chi connectivity index (χ0v) is 14.7. The molecule has 0 spiro atoms. The Morgan fingerprint density at radius 1 is 1.14 bits per heavy atom. The van der Waals surface area contributed by atoms with Crippen LogP contribution < -0.4 is 5.32 Å². The van der Waals surface area contributed by atoms with E-state index >= 15 is 0 Å². The van der Waals surface area contributed by atoms with E-state index in [4.69, 9.17) is 5.11 Å². The van der Waals surface area contributed by atoms with Crippen molar-refractivity contribution in [1.82, 2.24) is 0 Å². The van der Waals surface area contributed by atoms with Crippen LogP contribution >= 0.6 is 38.5 Å². The number of anilines is 1. The van der Waals surface area contributed by atoms with E-state index in [0.717, 1.165) is 3.57 Å². The third-order valence-corrected chi connectivity index (χ3v) is 4.26. The molecule has 0 fully saturated rings. The molecule has 21 heavy (non-hydrogen) atoms. The molecule has 108 valence electrons. The van der Waals surface area contributed by atoms with Gasteiger partial charge in [-0.05, 0) is 81.3 Å².